The molecule has 0 aliphatic carbocycles. The van der Waals surface area contributed by atoms with Crippen LogP contribution in [-0.4, -0.2) is 17.9 Å². The van der Waals surface area contributed by atoms with Crippen LogP contribution in [-0.2, 0) is 5.41 Å². The van der Waals surface area contributed by atoms with Crippen molar-refractivity contribution in [2.45, 2.75) is 33.1 Å². The highest BCUT2D eigenvalue weighted by atomic mass is 16.5. The maximum Gasteiger partial charge on any atom is 0.145 e. The molecule has 0 aliphatic rings. The normalized spacial score (nSPS) is 11.7. The first-order valence-electron chi connectivity index (χ1n) is 8.04. The van der Waals surface area contributed by atoms with E-state index in [1.54, 1.807) is 12.3 Å². The van der Waals surface area contributed by atoms with Crippen LogP contribution >= 0.6 is 0 Å². The van der Waals surface area contributed by atoms with Crippen LogP contribution in [0.15, 0.2) is 54.0 Å². The molecule has 0 heterocycles. The van der Waals surface area contributed by atoms with E-state index in [0.29, 0.717) is 17.9 Å². The monoisotopic (exact) mass is 323 g/mol. The first kappa shape index (κ1) is 17.8. The number of phenolic OH excluding ortho intramolecular Hbond substituents is 1. The molecule has 24 heavy (non-hydrogen) atoms. The minimum Gasteiger partial charge on any atom is -0.507 e. The van der Waals surface area contributed by atoms with Gasteiger partial charge in [0.2, 0.25) is 0 Å². The number of para-hydroxylation sites is 2. The molecular formula is C21H25NO2. The van der Waals surface area contributed by atoms with E-state index in [1.807, 2.05) is 43.3 Å². The first-order chi connectivity index (χ1) is 11.3. The molecule has 0 saturated heterocycles. The van der Waals surface area contributed by atoms with Gasteiger partial charge in [-0.25, -0.2) is 0 Å². The number of hydrogen-bond acceptors (Lipinski definition) is 3. The maximum absolute atomic E-state index is 10.6. The van der Waals surface area contributed by atoms with Crippen molar-refractivity contribution in [3.63, 3.8) is 0 Å². The van der Waals surface area contributed by atoms with Crippen LogP contribution in [0, 0.1) is 6.92 Å². The summed E-state index contributed by atoms with van der Waals surface area (Å²) in [6, 6.07) is 11.5. The first-order valence-corrected chi connectivity index (χ1v) is 8.04. The van der Waals surface area contributed by atoms with Crippen LogP contribution in [0.1, 0.15) is 37.5 Å². The van der Waals surface area contributed by atoms with E-state index < -0.39 is 0 Å². The molecule has 0 bridgehead atoms. The summed E-state index contributed by atoms with van der Waals surface area (Å²) < 4.78 is 5.61. The molecule has 0 amide bonds. The molecule has 0 atom stereocenters. The van der Waals surface area contributed by atoms with Gasteiger partial charge in [-0.3, -0.25) is 4.99 Å². The van der Waals surface area contributed by atoms with Crippen LogP contribution in [0.2, 0.25) is 0 Å². The van der Waals surface area contributed by atoms with E-state index in [-0.39, 0.29) is 11.2 Å². The highest BCUT2D eigenvalue weighted by Crippen LogP contribution is 2.34. The Balaban J connectivity index is 2.40. The zero-order valence-electron chi connectivity index (χ0n) is 14.8. The fourth-order valence-electron chi connectivity index (χ4n) is 2.45. The molecule has 126 valence electrons. The third-order valence-electron chi connectivity index (χ3n) is 3.66. The highest BCUT2D eigenvalue weighted by Gasteiger charge is 2.20. The summed E-state index contributed by atoms with van der Waals surface area (Å²) in [5, 5.41) is 10.6. The van der Waals surface area contributed by atoms with Gasteiger partial charge in [0, 0.05) is 17.3 Å². The van der Waals surface area contributed by atoms with Crippen LogP contribution in [0.4, 0.5) is 5.69 Å². The molecule has 2 rings (SSSR count). The van der Waals surface area contributed by atoms with E-state index in [0.717, 1.165) is 16.8 Å². The predicted octanol–water partition coefficient (Wildman–Crippen LogP) is 5.31. The van der Waals surface area contributed by atoms with Gasteiger partial charge < -0.3 is 9.84 Å². The van der Waals surface area contributed by atoms with Crippen molar-refractivity contribution in [1.29, 1.82) is 0 Å². The second-order valence-corrected chi connectivity index (χ2v) is 6.83. The smallest absolute Gasteiger partial charge is 0.145 e. The van der Waals surface area contributed by atoms with Crippen molar-refractivity contribution in [3.05, 3.63) is 65.7 Å². The van der Waals surface area contributed by atoms with Crippen molar-refractivity contribution in [2.24, 2.45) is 4.99 Å². The summed E-state index contributed by atoms with van der Waals surface area (Å²) in [6.45, 7) is 12.4. The lowest BCUT2D eigenvalue weighted by Crippen LogP contribution is -2.12. The Morgan fingerprint density at radius 2 is 1.92 bits per heavy atom. The maximum atomic E-state index is 10.6. The molecule has 0 unspecified atom stereocenters. The average Bonchev–Trinajstić information content (AvgIpc) is 2.53. The fourth-order valence-corrected chi connectivity index (χ4v) is 2.45. The van der Waals surface area contributed by atoms with Crippen molar-refractivity contribution in [3.8, 4) is 11.5 Å². The lowest BCUT2D eigenvalue weighted by Gasteiger charge is -2.22. The van der Waals surface area contributed by atoms with Crippen LogP contribution in [0.3, 0.4) is 0 Å². The zero-order valence-corrected chi connectivity index (χ0v) is 14.8. The summed E-state index contributed by atoms with van der Waals surface area (Å²) in [7, 11) is 0. The predicted molar refractivity (Wildman–Crippen MR) is 101 cm³/mol. The van der Waals surface area contributed by atoms with Crippen LogP contribution in [0.5, 0.6) is 11.5 Å². The summed E-state index contributed by atoms with van der Waals surface area (Å²) in [5.74, 6) is 0.971. The standard InChI is InChI=1S/C21H25NO2/c1-6-11-24-19-10-8-7-9-18(19)22-14-16-12-15(2)13-17(20(16)23)21(3,4)5/h6-10,12-14,23H,1,11H2,2-5H3. The van der Waals surface area contributed by atoms with E-state index in [1.165, 1.54) is 0 Å². The lowest BCUT2D eigenvalue weighted by molar-refractivity contribution is 0.364. The number of aromatic hydroxyl groups is 1. The largest absolute Gasteiger partial charge is 0.507 e. The Morgan fingerprint density at radius 1 is 1.21 bits per heavy atom. The number of rotatable bonds is 5. The number of phenols is 1. The number of aryl methyl sites for hydroxylation is 1. The Bertz CT molecular complexity index is 755. The summed E-state index contributed by atoms with van der Waals surface area (Å²) in [6.07, 6.45) is 3.39. The van der Waals surface area contributed by atoms with Gasteiger partial charge in [-0.15, -0.1) is 0 Å². The average molecular weight is 323 g/mol. The van der Waals surface area contributed by atoms with Crippen molar-refractivity contribution in [2.75, 3.05) is 6.61 Å². The molecule has 0 aromatic heterocycles. The quantitative estimate of drug-likeness (QED) is 0.598. The third-order valence-corrected chi connectivity index (χ3v) is 3.66. The molecule has 0 radical (unpaired) electrons. The SMILES string of the molecule is C=CCOc1ccccc1N=Cc1cc(C)cc(C(C)(C)C)c1O. The third kappa shape index (κ3) is 4.25. The van der Waals surface area contributed by atoms with Gasteiger partial charge in [-0.1, -0.05) is 51.6 Å². The molecule has 0 fully saturated rings. The fraction of sp³-hybridized carbons (Fsp3) is 0.286. The number of ether oxygens (including phenoxy) is 1. The number of aliphatic imine (C=N–C) groups is 1. The zero-order chi connectivity index (χ0) is 17.7. The van der Waals surface area contributed by atoms with Gasteiger partial charge in [0.15, 0.2) is 0 Å². The van der Waals surface area contributed by atoms with Gasteiger partial charge in [0.05, 0.1) is 0 Å². The molecule has 1 N–H and O–H groups in total. The minimum absolute atomic E-state index is 0.135. The number of hydrogen-bond donors (Lipinski definition) is 1. The molecule has 0 spiro atoms. The summed E-state index contributed by atoms with van der Waals surface area (Å²) >= 11 is 0. The van der Waals surface area contributed by atoms with Crippen molar-refractivity contribution < 1.29 is 9.84 Å². The highest BCUT2D eigenvalue weighted by molar-refractivity contribution is 5.87. The van der Waals surface area contributed by atoms with E-state index in [4.69, 9.17) is 4.74 Å². The number of nitrogens with zero attached hydrogens (tertiary/aromatic N) is 1. The van der Waals surface area contributed by atoms with Crippen LogP contribution in [0.25, 0.3) is 0 Å². The second kappa shape index (κ2) is 7.35. The van der Waals surface area contributed by atoms with Gasteiger partial charge in [-0.05, 0) is 36.1 Å². The Kier molecular flexibility index (Phi) is 5.45. The Hall–Kier alpha value is -2.55. The van der Waals surface area contributed by atoms with Crippen molar-refractivity contribution >= 4 is 11.9 Å². The summed E-state index contributed by atoms with van der Waals surface area (Å²) in [5.41, 5.74) is 3.30. The van der Waals surface area contributed by atoms with Crippen LogP contribution < -0.4 is 4.74 Å². The van der Waals surface area contributed by atoms with E-state index in [2.05, 4.69) is 32.3 Å². The Labute approximate surface area is 144 Å². The van der Waals surface area contributed by atoms with E-state index in [9.17, 15) is 5.11 Å². The molecule has 3 nitrogen and oxygen atoms in total. The topological polar surface area (TPSA) is 41.8 Å². The lowest BCUT2D eigenvalue weighted by atomic mass is 9.84. The number of benzene rings is 2. The van der Waals surface area contributed by atoms with Gasteiger partial charge in [-0.2, -0.15) is 0 Å². The van der Waals surface area contributed by atoms with Crippen molar-refractivity contribution in [1.82, 2.24) is 0 Å². The molecular weight excluding hydrogens is 298 g/mol. The van der Waals surface area contributed by atoms with E-state index >= 15 is 0 Å². The molecule has 2 aromatic carbocycles. The van der Waals surface area contributed by atoms with Gasteiger partial charge in [0.1, 0.15) is 23.8 Å². The molecule has 0 saturated carbocycles. The molecule has 2 aromatic rings. The second-order valence-electron chi connectivity index (χ2n) is 6.83. The molecule has 0 aliphatic heterocycles. The minimum atomic E-state index is -0.135. The molecule has 3 heteroatoms. The summed E-state index contributed by atoms with van der Waals surface area (Å²) in [4.78, 5) is 4.51. The van der Waals surface area contributed by atoms with Gasteiger partial charge >= 0.3 is 0 Å². The Morgan fingerprint density at radius 3 is 2.58 bits per heavy atom. The van der Waals surface area contributed by atoms with Gasteiger partial charge in [0.25, 0.3) is 0 Å².